The summed E-state index contributed by atoms with van der Waals surface area (Å²) in [6.45, 7) is 4.50. The zero-order valence-electron chi connectivity index (χ0n) is 9.92. The average molecular weight is 240 g/mol. The van der Waals surface area contributed by atoms with Crippen LogP contribution in [0.4, 0.5) is 0 Å². The highest BCUT2D eigenvalue weighted by molar-refractivity contribution is 6.05. The summed E-state index contributed by atoms with van der Waals surface area (Å²) in [6, 6.07) is -0.642. The summed E-state index contributed by atoms with van der Waals surface area (Å²) in [4.78, 5) is 37.6. The standard InChI is InChI=1S/C11H16N2O4/c1-3-13-9(14)7-4-12(6(2)11(16)17)5-8(7)10(13)15/h6-8H,3-5H2,1-2H3,(H,16,17)/t6-,7+,8+/m0/s1. The van der Waals surface area contributed by atoms with Gasteiger partial charge in [0.05, 0.1) is 11.8 Å². The zero-order chi connectivity index (χ0) is 12.7. The van der Waals surface area contributed by atoms with Gasteiger partial charge in [-0.25, -0.2) is 0 Å². The molecule has 94 valence electrons. The molecule has 6 nitrogen and oxygen atoms in total. The third-order valence-electron chi connectivity index (χ3n) is 3.74. The van der Waals surface area contributed by atoms with E-state index in [0.29, 0.717) is 19.6 Å². The van der Waals surface area contributed by atoms with E-state index in [4.69, 9.17) is 5.11 Å². The van der Waals surface area contributed by atoms with Crippen LogP contribution in [-0.4, -0.2) is 58.4 Å². The van der Waals surface area contributed by atoms with Crippen molar-refractivity contribution in [1.82, 2.24) is 9.80 Å². The quantitative estimate of drug-likeness (QED) is 0.666. The molecule has 0 spiro atoms. The van der Waals surface area contributed by atoms with Crippen LogP contribution < -0.4 is 0 Å². The number of carbonyl (C=O) groups is 3. The molecule has 2 fully saturated rings. The largest absolute Gasteiger partial charge is 0.480 e. The maximum absolute atomic E-state index is 11.9. The van der Waals surface area contributed by atoms with Crippen molar-refractivity contribution in [2.24, 2.45) is 11.8 Å². The van der Waals surface area contributed by atoms with E-state index >= 15 is 0 Å². The smallest absolute Gasteiger partial charge is 0.320 e. The second-order valence-electron chi connectivity index (χ2n) is 4.60. The maximum Gasteiger partial charge on any atom is 0.320 e. The Morgan fingerprint density at radius 1 is 1.35 bits per heavy atom. The van der Waals surface area contributed by atoms with E-state index in [1.54, 1.807) is 18.7 Å². The van der Waals surface area contributed by atoms with Crippen molar-refractivity contribution in [1.29, 1.82) is 0 Å². The van der Waals surface area contributed by atoms with Gasteiger partial charge in [-0.15, -0.1) is 0 Å². The molecule has 0 unspecified atom stereocenters. The van der Waals surface area contributed by atoms with E-state index in [1.165, 1.54) is 4.90 Å². The molecule has 0 bridgehead atoms. The molecule has 2 heterocycles. The van der Waals surface area contributed by atoms with Gasteiger partial charge in [0, 0.05) is 19.6 Å². The zero-order valence-corrected chi connectivity index (χ0v) is 9.92. The first kappa shape index (κ1) is 12.0. The van der Waals surface area contributed by atoms with Gasteiger partial charge in [0.1, 0.15) is 6.04 Å². The number of fused-ring (bicyclic) bond motifs is 1. The fraction of sp³-hybridized carbons (Fsp3) is 0.727. The van der Waals surface area contributed by atoms with Crippen molar-refractivity contribution in [2.45, 2.75) is 19.9 Å². The predicted octanol–water partition coefficient (Wildman–Crippen LogP) is -0.604. The molecule has 0 aromatic rings. The van der Waals surface area contributed by atoms with Crippen molar-refractivity contribution in [2.75, 3.05) is 19.6 Å². The number of nitrogens with zero attached hydrogens (tertiary/aromatic N) is 2. The minimum absolute atomic E-state index is 0.150. The van der Waals surface area contributed by atoms with Gasteiger partial charge in [0.15, 0.2) is 0 Å². The van der Waals surface area contributed by atoms with Gasteiger partial charge in [0.2, 0.25) is 11.8 Å². The van der Waals surface area contributed by atoms with Gasteiger partial charge in [-0.3, -0.25) is 24.2 Å². The fourth-order valence-corrected chi connectivity index (χ4v) is 2.63. The number of aliphatic carboxylic acids is 1. The molecule has 0 aliphatic carbocycles. The molecule has 2 amide bonds. The fourth-order valence-electron chi connectivity index (χ4n) is 2.63. The lowest BCUT2D eigenvalue weighted by atomic mass is 10.00. The normalized spacial score (nSPS) is 30.8. The lowest BCUT2D eigenvalue weighted by Gasteiger charge is -2.22. The van der Waals surface area contributed by atoms with Crippen molar-refractivity contribution in [3.8, 4) is 0 Å². The summed E-state index contributed by atoms with van der Waals surface area (Å²) >= 11 is 0. The van der Waals surface area contributed by atoms with Crippen LogP contribution in [0, 0.1) is 11.8 Å². The van der Waals surface area contributed by atoms with E-state index < -0.39 is 12.0 Å². The Morgan fingerprint density at radius 2 is 1.82 bits per heavy atom. The van der Waals surface area contributed by atoms with Crippen LogP contribution in [0.1, 0.15) is 13.8 Å². The van der Waals surface area contributed by atoms with Crippen LogP contribution in [0.15, 0.2) is 0 Å². The molecule has 3 atom stereocenters. The van der Waals surface area contributed by atoms with Gasteiger partial charge in [-0.1, -0.05) is 0 Å². The highest BCUT2D eigenvalue weighted by Crippen LogP contribution is 2.34. The number of rotatable bonds is 3. The second-order valence-corrected chi connectivity index (χ2v) is 4.60. The van der Waals surface area contributed by atoms with Gasteiger partial charge < -0.3 is 5.11 Å². The Morgan fingerprint density at radius 3 is 2.18 bits per heavy atom. The Bertz CT molecular complexity index is 358. The highest BCUT2D eigenvalue weighted by Gasteiger charge is 2.52. The lowest BCUT2D eigenvalue weighted by Crippen LogP contribution is -2.41. The first-order valence-electron chi connectivity index (χ1n) is 5.79. The van der Waals surface area contributed by atoms with Crippen molar-refractivity contribution < 1.29 is 19.5 Å². The lowest BCUT2D eigenvalue weighted by molar-refractivity contribution is -0.145. The predicted molar refractivity (Wildman–Crippen MR) is 58.0 cm³/mol. The molecular formula is C11H16N2O4. The summed E-state index contributed by atoms with van der Waals surface area (Å²) in [6.07, 6.45) is 0. The minimum atomic E-state index is -0.919. The molecule has 17 heavy (non-hydrogen) atoms. The Labute approximate surface area is 99.2 Å². The van der Waals surface area contributed by atoms with E-state index in [1.807, 2.05) is 0 Å². The Balaban J connectivity index is 2.12. The number of amides is 2. The van der Waals surface area contributed by atoms with Gasteiger partial charge in [-0.2, -0.15) is 0 Å². The molecule has 0 radical (unpaired) electrons. The number of hydrogen-bond donors (Lipinski definition) is 1. The third kappa shape index (κ3) is 1.72. The van der Waals surface area contributed by atoms with E-state index in [-0.39, 0.29) is 23.7 Å². The Hall–Kier alpha value is -1.43. The summed E-state index contributed by atoms with van der Waals surface area (Å²) in [5, 5.41) is 8.91. The van der Waals surface area contributed by atoms with Crippen LogP contribution in [0.3, 0.4) is 0 Å². The highest BCUT2D eigenvalue weighted by atomic mass is 16.4. The maximum atomic E-state index is 11.9. The molecule has 2 aliphatic heterocycles. The molecule has 6 heteroatoms. The molecule has 1 N–H and O–H groups in total. The number of carboxylic acids is 1. The van der Waals surface area contributed by atoms with Crippen LogP contribution in [0.5, 0.6) is 0 Å². The molecule has 2 saturated heterocycles. The van der Waals surface area contributed by atoms with Crippen LogP contribution in [-0.2, 0) is 14.4 Å². The summed E-state index contributed by atoms with van der Waals surface area (Å²) < 4.78 is 0. The number of likely N-dealkylation sites (tertiary alicyclic amines) is 2. The van der Waals surface area contributed by atoms with Gasteiger partial charge in [-0.05, 0) is 13.8 Å². The second kappa shape index (κ2) is 4.10. The van der Waals surface area contributed by atoms with Crippen molar-refractivity contribution >= 4 is 17.8 Å². The summed E-state index contributed by atoms with van der Waals surface area (Å²) in [5.74, 6) is -1.91. The first-order chi connectivity index (χ1) is 7.97. The molecular weight excluding hydrogens is 224 g/mol. The SMILES string of the molecule is CCN1C(=O)[C@@H]2CN([C@@H](C)C(=O)O)C[C@H]2C1=O. The minimum Gasteiger partial charge on any atom is -0.480 e. The van der Waals surface area contributed by atoms with Crippen LogP contribution in [0.2, 0.25) is 0 Å². The van der Waals surface area contributed by atoms with Crippen LogP contribution >= 0.6 is 0 Å². The molecule has 2 aliphatic rings. The topological polar surface area (TPSA) is 77.9 Å². The number of imide groups is 1. The third-order valence-corrected chi connectivity index (χ3v) is 3.74. The molecule has 0 aromatic carbocycles. The van der Waals surface area contributed by atoms with E-state index in [0.717, 1.165) is 0 Å². The molecule has 2 rings (SSSR count). The molecule has 0 saturated carbocycles. The molecule has 0 aromatic heterocycles. The average Bonchev–Trinajstić information content (AvgIpc) is 2.80. The number of carbonyl (C=O) groups excluding carboxylic acids is 2. The van der Waals surface area contributed by atoms with Gasteiger partial charge >= 0.3 is 5.97 Å². The summed E-state index contributed by atoms with van der Waals surface area (Å²) in [7, 11) is 0. The van der Waals surface area contributed by atoms with Crippen molar-refractivity contribution in [3.05, 3.63) is 0 Å². The van der Waals surface area contributed by atoms with E-state index in [2.05, 4.69) is 0 Å². The monoisotopic (exact) mass is 240 g/mol. The van der Waals surface area contributed by atoms with Gasteiger partial charge in [0.25, 0.3) is 0 Å². The first-order valence-corrected chi connectivity index (χ1v) is 5.79. The van der Waals surface area contributed by atoms with Crippen LogP contribution in [0.25, 0.3) is 0 Å². The van der Waals surface area contributed by atoms with E-state index in [9.17, 15) is 14.4 Å². The van der Waals surface area contributed by atoms with Crippen molar-refractivity contribution in [3.63, 3.8) is 0 Å². The summed E-state index contributed by atoms with van der Waals surface area (Å²) in [5.41, 5.74) is 0. The Kier molecular flexibility index (Phi) is 2.91. The number of hydrogen-bond acceptors (Lipinski definition) is 4. The number of carboxylic acid groups (broad SMARTS) is 1.